The van der Waals surface area contributed by atoms with Gasteiger partial charge in [-0.2, -0.15) is 0 Å². The van der Waals surface area contributed by atoms with E-state index in [1.54, 1.807) is 0 Å². The third-order valence-electron chi connectivity index (χ3n) is 3.94. The minimum absolute atomic E-state index is 0.0542. The van der Waals surface area contributed by atoms with Gasteiger partial charge in [-0.1, -0.05) is 27.7 Å². The monoisotopic (exact) mass is 300 g/mol. The van der Waals surface area contributed by atoms with Crippen LogP contribution in [0.5, 0.6) is 0 Å². The van der Waals surface area contributed by atoms with E-state index in [0.29, 0.717) is 0 Å². The molecular weight excluding hydrogens is 272 g/mol. The van der Waals surface area contributed by atoms with Gasteiger partial charge in [0, 0.05) is 6.04 Å². The number of aliphatic hydroxyl groups is 1. The molecule has 0 radical (unpaired) electrons. The predicted octanol–water partition coefficient (Wildman–Crippen LogP) is 1.73. The number of carboxylic acid groups (broad SMARTS) is 1. The Hall–Kier alpha value is -1.30. The average Bonchev–Trinajstić information content (AvgIpc) is 2.21. The van der Waals surface area contributed by atoms with Crippen molar-refractivity contribution in [1.29, 1.82) is 0 Å². The summed E-state index contributed by atoms with van der Waals surface area (Å²) in [7, 11) is 0. The molecule has 4 N–H and O–H groups in total. The second-order valence-corrected chi connectivity index (χ2v) is 8.02. The first-order valence-electron chi connectivity index (χ1n) is 7.33. The van der Waals surface area contributed by atoms with Crippen molar-refractivity contribution in [2.75, 3.05) is 6.54 Å². The van der Waals surface area contributed by atoms with E-state index in [4.69, 9.17) is 5.11 Å². The summed E-state index contributed by atoms with van der Waals surface area (Å²) in [5.74, 6) is -1.36. The van der Waals surface area contributed by atoms with Crippen molar-refractivity contribution >= 4 is 12.0 Å². The quantitative estimate of drug-likeness (QED) is 0.635. The molecule has 1 aliphatic rings. The number of hydrogen-bond acceptors (Lipinski definition) is 3. The van der Waals surface area contributed by atoms with Gasteiger partial charge in [0.2, 0.25) is 0 Å². The van der Waals surface area contributed by atoms with E-state index in [9.17, 15) is 14.7 Å². The van der Waals surface area contributed by atoms with E-state index in [2.05, 4.69) is 38.3 Å². The van der Waals surface area contributed by atoms with Crippen molar-refractivity contribution in [3.05, 3.63) is 0 Å². The summed E-state index contributed by atoms with van der Waals surface area (Å²) in [4.78, 5) is 22.6. The molecule has 1 unspecified atom stereocenters. The molecule has 0 aliphatic heterocycles. The topological polar surface area (TPSA) is 98.7 Å². The Morgan fingerprint density at radius 1 is 1.19 bits per heavy atom. The minimum Gasteiger partial charge on any atom is -0.479 e. The number of amides is 2. The van der Waals surface area contributed by atoms with Crippen LogP contribution in [0.4, 0.5) is 4.79 Å². The molecule has 1 saturated carbocycles. The zero-order valence-electron chi connectivity index (χ0n) is 13.6. The number of carbonyl (C=O) groups is 2. The van der Waals surface area contributed by atoms with Gasteiger partial charge in [0.1, 0.15) is 0 Å². The number of aliphatic carboxylic acids is 1. The van der Waals surface area contributed by atoms with E-state index < -0.39 is 17.6 Å². The summed E-state index contributed by atoms with van der Waals surface area (Å²) < 4.78 is 0. The van der Waals surface area contributed by atoms with Crippen LogP contribution in [0.25, 0.3) is 0 Å². The van der Waals surface area contributed by atoms with E-state index in [-0.39, 0.29) is 23.4 Å². The van der Waals surface area contributed by atoms with Crippen LogP contribution in [0, 0.1) is 10.8 Å². The van der Waals surface area contributed by atoms with Crippen LogP contribution in [-0.2, 0) is 4.79 Å². The van der Waals surface area contributed by atoms with Gasteiger partial charge in [0.25, 0.3) is 0 Å². The van der Waals surface area contributed by atoms with E-state index in [1.165, 1.54) is 0 Å². The Labute approximate surface area is 126 Å². The van der Waals surface area contributed by atoms with Crippen LogP contribution >= 0.6 is 0 Å². The van der Waals surface area contributed by atoms with E-state index in [0.717, 1.165) is 26.2 Å². The van der Waals surface area contributed by atoms with Crippen LogP contribution in [0.1, 0.15) is 53.9 Å². The Kier molecular flexibility index (Phi) is 4.93. The summed E-state index contributed by atoms with van der Waals surface area (Å²) in [6, 6.07) is -0.381. The summed E-state index contributed by atoms with van der Waals surface area (Å²) in [6.07, 6.45) is 2.88. The normalized spacial score (nSPS) is 23.9. The Bertz CT molecular complexity index is 400. The standard InChI is InChI=1S/C15H28N2O4/c1-13(2)6-10(7-14(3,4)8-13)17-12(20)16-9-15(5,21)11(18)19/h10,21H,6-9H2,1-5H3,(H,18,19)(H2,16,17,20). The number of urea groups is 1. The van der Waals surface area contributed by atoms with Gasteiger partial charge in [-0.3, -0.25) is 0 Å². The number of carbonyl (C=O) groups excluding carboxylic acids is 1. The summed E-state index contributed by atoms with van der Waals surface area (Å²) >= 11 is 0. The van der Waals surface area contributed by atoms with Gasteiger partial charge in [0.05, 0.1) is 6.54 Å². The highest BCUT2D eigenvalue weighted by molar-refractivity contribution is 5.79. The minimum atomic E-state index is -1.96. The molecule has 0 heterocycles. The Balaban J connectivity index is 2.53. The highest BCUT2D eigenvalue weighted by atomic mass is 16.4. The first-order valence-corrected chi connectivity index (χ1v) is 7.33. The van der Waals surface area contributed by atoms with Crippen molar-refractivity contribution in [2.24, 2.45) is 10.8 Å². The Morgan fingerprint density at radius 2 is 1.67 bits per heavy atom. The van der Waals surface area contributed by atoms with Crippen LogP contribution in [-0.4, -0.2) is 40.4 Å². The fourth-order valence-corrected chi connectivity index (χ4v) is 3.51. The highest BCUT2D eigenvalue weighted by Crippen LogP contribution is 2.45. The van der Waals surface area contributed by atoms with Gasteiger partial charge < -0.3 is 20.8 Å². The average molecular weight is 300 g/mol. The van der Waals surface area contributed by atoms with Gasteiger partial charge in [-0.05, 0) is 37.0 Å². The lowest BCUT2D eigenvalue weighted by Crippen LogP contribution is -2.53. The maximum atomic E-state index is 11.9. The Morgan fingerprint density at radius 3 is 2.10 bits per heavy atom. The first kappa shape index (κ1) is 17.8. The van der Waals surface area contributed by atoms with Gasteiger partial charge in [0.15, 0.2) is 5.60 Å². The van der Waals surface area contributed by atoms with Gasteiger partial charge >= 0.3 is 12.0 Å². The highest BCUT2D eigenvalue weighted by Gasteiger charge is 2.39. The van der Waals surface area contributed by atoms with Crippen LogP contribution in [0.3, 0.4) is 0 Å². The molecule has 1 atom stereocenters. The SMILES string of the molecule is CC1(C)CC(NC(=O)NCC(C)(O)C(=O)O)CC(C)(C)C1. The lowest BCUT2D eigenvalue weighted by atomic mass is 9.63. The van der Waals surface area contributed by atoms with Gasteiger partial charge in [-0.25, -0.2) is 9.59 Å². The lowest BCUT2D eigenvalue weighted by molar-refractivity contribution is -0.155. The number of carboxylic acids is 1. The zero-order valence-corrected chi connectivity index (χ0v) is 13.6. The second kappa shape index (κ2) is 5.83. The molecule has 6 nitrogen and oxygen atoms in total. The van der Waals surface area contributed by atoms with Crippen LogP contribution in [0.15, 0.2) is 0 Å². The molecule has 0 aromatic heterocycles. The fourth-order valence-electron chi connectivity index (χ4n) is 3.51. The largest absolute Gasteiger partial charge is 0.479 e. The lowest BCUT2D eigenvalue weighted by Gasteiger charge is -2.45. The second-order valence-electron chi connectivity index (χ2n) is 8.02. The molecule has 0 spiro atoms. The molecule has 1 rings (SSSR count). The zero-order chi connectivity index (χ0) is 16.5. The van der Waals surface area contributed by atoms with E-state index >= 15 is 0 Å². The van der Waals surface area contributed by atoms with Crippen molar-refractivity contribution < 1.29 is 19.8 Å². The third kappa shape index (κ3) is 5.53. The maximum Gasteiger partial charge on any atom is 0.337 e. The molecule has 0 aromatic rings. The van der Waals surface area contributed by atoms with Crippen molar-refractivity contribution in [3.63, 3.8) is 0 Å². The summed E-state index contributed by atoms with van der Waals surface area (Å²) in [5.41, 5.74) is -1.64. The fraction of sp³-hybridized carbons (Fsp3) is 0.867. The van der Waals surface area contributed by atoms with Crippen molar-refractivity contribution in [1.82, 2.24) is 10.6 Å². The summed E-state index contributed by atoms with van der Waals surface area (Å²) in [5, 5.41) is 23.7. The molecule has 21 heavy (non-hydrogen) atoms. The smallest absolute Gasteiger partial charge is 0.337 e. The van der Waals surface area contributed by atoms with Crippen LogP contribution < -0.4 is 10.6 Å². The van der Waals surface area contributed by atoms with Crippen LogP contribution in [0.2, 0.25) is 0 Å². The summed E-state index contributed by atoms with van der Waals surface area (Å²) in [6.45, 7) is 9.59. The molecule has 122 valence electrons. The number of hydrogen-bond donors (Lipinski definition) is 4. The van der Waals surface area contributed by atoms with E-state index in [1.807, 2.05) is 0 Å². The van der Waals surface area contributed by atoms with Crippen molar-refractivity contribution in [3.8, 4) is 0 Å². The molecule has 0 bridgehead atoms. The third-order valence-corrected chi connectivity index (χ3v) is 3.94. The number of nitrogens with one attached hydrogen (secondary N) is 2. The molecule has 1 fully saturated rings. The molecule has 0 aromatic carbocycles. The number of rotatable bonds is 4. The maximum absolute atomic E-state index is 11.9. The predicted molar refractivity (Wildman–Crippen MR) is 80.0 cm³/mol. The molecule has 1 aliphatic carbocycles. The van der Waals surface area contributed by atoms with Crippen molar-refractivity contribution in [2.45, 2.75) is 65.5 Å². The molecular formula is C15H28N2O4. The molecule has 0 saturated heterocycles. The molecule has 6 heteroatoms. The molecule has 2 amide bonds. The first-order chi connectivity index (χ1) is 9.33. The van der Waals surface area contributed by atoms with Gasteiger partial charge in [-0.15, -0.1) is 0 Å².